The van der Waals surface area contributed by atoms with Crippen molar-refractivity contribution in [3.63, 3.8) is 0 Å². The molecule has 12 heteroatoms. The molecule has 0 spiro atoms. The Bertz CT molecular complexity index is 2020. The van der Waals surface area contributed by atoms with Gasteiger partial charge in [0, 0.05) is 33.5 Å². The van der Waals surface area contributed by atoms with E-state index in [4.69, 9.17) is 9.56 Å². The molecular weight excluding hydrogens is 637 g/mol. The van der Waals surface area contributed by atoms with Crippen LogP contribution in [0.25, 0.3) is 17.4 Å². The van der Waals surface area contributed by atoms with Gasteiger partial charge in [0.05, 0.1) is 10.6 Å². The number of aryl methyl sites for hydroxylation is 1. The summed E-state index contributed by atoms with van der Waals surface area (Å²) in [6.07, 6.45) is 1.47. The van der Waals surface area contributed by atoms with E-state index in [9.17, 15) is 22.8 Å². The van der Waals surface area contributed by atoms with Crippen LogP contribution in [0.4, 0.5) is 11.4 Å². The molecular formula is C35H30N4O6S2. The van der Waals surface area contributed by atoms with Crippen molar-refractivity contribution in [2.45, 2.75) is 16.7 Å². The number of hydrogen-bond acceptors (Lipinski definition) is 7. The fourth-order valence-electron chi connectivity index (χ4n) is 4.29. The fourth-order valence-corrected chi connectivity index (χ4v) is 5.51. The van der Waals surface area contributed by atoms with E-state index >= 15 is 0 Å². The highest BCUT2D eigenvalue weighted by Crippen LogP contribution is 2.25. The Morgan fingerprint density at radius 2 is 1.43 bits per heavy atom. The van der Waals surface area contributed by atoms with Crippen LogP contribution in [0.3, 0.4) is 0 Å². The van der Waals surface area contributed by atoms with Crippen molar-refractivity contribution < 1.29 is 27.2 Å². The smallest absolute Gasteiger partial charge is 0.272 e. The maximum absolute atomic E-state index is 13.4. The van der Waals surface area contributed by atoms with Gasteiger partial charge in [-0.05, 0) is 79.7 Å². The number of carbonyl (C=O) groups excluding carboxylic acids is 3. The molecule has 0 unspecified atom stereocenters. The Kier molecular flexibility index (Phi) is 10.4. The Morgan fingerprint density at radius 3 is 2.09 bits per heavy atom. The first kappa shape index (κ1) is 32.9. The maximum Gasteiger partial charge on any atom is 0.272 e. The molecule has 0 fully saturated rings. The van der Waals surface area contributed by atoms with Crippen LogP contribution in [-0.2, 0) is 19.6 Å². The van der Waals surface area contributed by atoms with Crippen LogP contribution in [0.15, 0.2) is 135 Å². The van der Waals surface area contributed by atoms with Gasteiger partial charge in [0.1, 0.15) is 17.2 Å². The number of thioether (sulfide) groups is 1. The number of carbonyl (C=O) groups is 3. The Morgan fingerprint density at radius 1 is 0.787 bits per heavy atom. The van der Waals surface area contributed by atoms with Crippen LogP contribution in [0, 0.1) is 6.92 Å². The summed E-state index contributed by atoms with van der Waals surface area (Å²) in [5, 5.41) is 13.3. The zero-order chi connectivity index (χ0) is 33.4. The Balaban J connectivity index is 1.24. The molecule has 0 aliphatic carbocycles. The van der Waals surface area contributed by atoms with E-state index in [1.165, 1.54) is 42.1 Å². The van der Waals surface area contributed by atoms with Crippen LogP contribution in [0.1, 0.15) is 21.7 Å². The van der Waals surface area contributed by atoms with E-state index in [0.29, 0.717) is 28.5 Å². The summed E-state index contributed by atoms with van der Waals surface area (Å²) < 4.78 is 28.8. The van der Waals surface area contributed by atoms with Crippen LogP contribution >= 0.6 is 11.8 Å². The third-order valence-corrected chi connectivity index (χ3v) is 8.67. The molecule has 0 aliphatic rings. The molecule has 1 aromatic heterocycles. The molecule has 238 valence electrons. The summed E-state index contributed by atoms with van der Waals surface area (Å²) in [6.45, 7) is 2.00. The maximum atomic E-state index is 13.4. The lowest BCUT2D eigenvalue weighted by molar-refractivity contribution is -0.114. The average molecular weight is 667 g/mol. The van der Waals surface area contributed by atoms with Gasteiger partial charge >= 0.3 is 0 Å². The van der Waals surface area contributed by atoms with Crippen molar-refractivity contribution in [1.82, 2.24) is 5.32 Å². The number of nitrogens with one attached hydrogen (secondary N) is 3. The number of primary sulfonamides is 1. The van der Waals surface area contributed by atoms with Crippen molar-refractivity contribution in [3.05, 3.63) is 138 Å². The molecule has 10 nitrogen and oxygen atoms in total. The number of benzene rings is 4. The topological polar surface area (TPSA) is 161 Å². The monoisotopic (exact) mass is 666 g/mol. The van der Waals surface area contributed by atoms with Gasteiger partial charge < -0.3 is 20.4 Å². The standard InChI is InChI=1S/C35H30N4O6S2/c1-23-7-9-24(10-8-23)32-20-15-28(45-32)21-31(39-34(41)25-5-3-2-4-6-25)35(42)38-27-11-16-29(17-12-27)46-22-33(40)37-26-13-18-30(19-14-26)47(36,43)44/h2-21H,22H2,1H3,(H,37,40)(H,38,42)(H,39,41)(H2,36,43,44)/b31-21-. The molecule has 4 aromatic carbocycles. The van der Waals surface area contributed by atoms with E-state index in [0.717, 1.165) is 16.0 Å². The highest BCUT2D eigenvalue weighted by molar-refractivity contribution is 8.00. The van der Waals surface area contributed by atoms with Crippen molar-refractivity contribution in [1.29, 1.82) is 0 Å². The number of rotatable bonds is 11. The zero-order valence-electron chi connectivity index (χ0n) is 25.1. The predicted octanol–water partition coefficient (Wildman–Crippen LogP) is 6.04. The highest BCUT2D eigenvalue weighted by Gasteiger charge is 2.17. The van der Waals surface area contributed by atoms with Crippen LogP contribution < -0.4 is 21.1 Å². The molecule has 3 amide bonds. The van der Waals surface area contributed by atoms with Gasteiger partial charge in [-0.1, -0.05) is 48.0 Å². The van der Waals surface area contributed by atoms with Crippen molar-refractivity contribution in [2.75, 3.05) is 16.4 Å². The van der Waals surface area contributed by atoms with Gasteiger partial charge in [0.25, 0.3) is 11.8 Å². The molecule has 0 radical (unpaired) electrons. The molecule has 5 rings (SSSR count). The Hall–Kier alpha value is -5.43. The van der Waals surface area contributed by atoms with E-state index < -0.39 is 21.8 Å². The van der Waals surface area contributed by atoms with Crippen LogP contribution in [-0.4, -0.2) is 31.9 Å². The van der Waals surface area contributed by atoms with Gasteiger partial charge in [-0.25, -0.2) is 13.6 Å². The molecule has 5 N–H and O–H groups in total. The molecule has 1 heterocycles. The number of nitrogens with two attached hydrogens (primary N) is 1. The Labute approximate surface area is 276 Å². The van der Waals surface area contributed by atoms with E-state index in [2.05, 4.69) is 16.0 Å². The summed E-state index contributed by atoms with van der Waals surface area (Å²) in [7, 11) is -3.82. The second-order valence-electron chi connectivity index (χ2n) is 10.3. The number of hydrogen-bond donors (Lipinski definition) is 4. The first-order chi connectivity index (χ1) is 22.5. The van der Waals surface area contributed by atoms with E-state index in [1.807, 2.05) is 31.2 Å². The zero-order valence-corrected chi connectivity index (χ0v) is 26.7. The summed E-state index contributed by atoms with van der Waals surface area (Å²) in [4.78, 5) is 39.5. The van der Waals surface area contributed by atoms with Crippen molar-refractivity contribution >= 4 is 57.0 Å². The van der Waals surface area contributed by atoms with Gasteiger partial charge in [-0.3, -0.25) is 14.4 Å². The lowest BCUT2D eigenvalue weighted by Gasteiger charge is -2.11. The van der Waals surface area contributed by atoms with Crippen molar-refractivity contribution in [3.8, 4) is 11.3 Å². The molecule has 0 atom stereocenters. The summed E-state index contributed by atoms with van der Waals surface area (Å²) >= 11 is 1.28. The van der Waals surface area contributed by atoms with Gasteiger partial charge in [0.15, 0.2) is 0 Å². The summed E-state index contributed by atoms with van der Waals surface area (Å²) in [5.74, 6) is -0.215. The van der Waals surface area contributed by atoms with Gasteiger partial charge in [0.2, 0.25) is 15.9 Å². The summed E-state index contributed by atoms with van der Waals surface area (Å²) in [6, 6.07) is 32.3. The molecule has 0 aliphatic heterocycles. The first-order valence-electron chi connectivity index (χ1n) is 14.3. The minimum Gasteiger partial charge on any atom is -0.457 e. The van der Waals surface area contributed by atoms with E-state index in [-0.39, 0.29) is 22.3 Å². The third kappa shape index (κ3) is 9.30. The molecule has 47 heavy (non-hydrogen) atoms. The van der Waals surface area contributed by atoms with Gasteiger partial charge in [-0.15, -0.1) is 11.8 Å². The van der Waals surface area contributed by atoms with Crippen LogP contribution in [0.5, 0.6) is 0 Å². The number of furan rings is 1. The number of sulfonamides is 1. The van der Waals surface area contributed by atoms with Gasteiger partial charge in [-0.2, -0.15) is 0 Å². The molecule has 5 aromatic rings. The SMILES string of the molecule is Cc1ccc(-c2ccc(/C=C(\NC(=O)c3ccccc3)C(=O)Nc3ccc(SCC(=O)Nc4ccc(S(N)(=O)=O)cc4)cc3)o2)cc1. The predicted molar refractivity (Wildman–Crippen MR) is 183 cm³/mol. The minimum absolute atomic E-state index is 0.0177. The van der Waals surface area contributed by atoms with Crippen LogP contribution in [0.2, 0.25) is 0 Å². The lowest BCUT2D eigenvalue weighted by Crippen LogP contribution is -2.30. The first-order valence-corrected chi connectivity index (χ1v) is 16.8. The second-order valence-corrected chi connectivity index (χ2v) is 12.9. The third-order valence-electron chi connectivity index (χ3n) is 6.73. The number of amides is 3. The van der Waals surface area contributed by atoms with Crippen molar-refractivity contribution in [2.24, 2.45) is 5.14 Å². The molecule has 0 saturated heterocycles. The summed E-state index contributed by atoms with van der Waals surface area (Å²) in [5.41, 5.74) is 3.27. The molecule has 0 saturated carbocycles. The number of anilines is 2. The molecule has 0 bridgehead atoms. The lowest BCUT2D eigenvalue weighted by atomic mass is 10.1. The largest absolute Gasteiger partial charge is 0.457 e. The normalized spacial score (nSPS) is 11.5. The van der Waals surface area contributed by atoms with E-state index in [1.54, 1.807) is 66.7 Å². The quantitative estimate of drug-likeness (QED) is 0.0987. The minimum atomic E-state index is -3.82. The highest BCUT2D eigenvalue weighted by atomic mass is 32.2. The average Bonchev–Trinajstić information content (AvgIpc) is 3.53. The fraction of sp³-hybridized carbons (Fsp3) is 0.0571. The second kappa shape index (κ2) is 14.8.